The number of nitrogens with zero attached hydrogens (tertiary/aromatic N) is 3. The molecule has 0 aliphatic heterocycles. The van der Waals surface area contributed by atoms with E-state index in [1.807, 2.05) is 25.1 Å². The van der Waals surface area contributed by atoms with Gasteiger partial charge < -0.3 is 14.7 Å². The third kappa shape index (κ3) is 5.80. The number of furan rings is 1. The first-order chi connectivity index (χ1) is 22.0. The van der Waals surface area contributed by atoms with Crippen LogP contribution in [-0.4, -0.2) is 49.6 Å². The lowest BCUT2D eigenvalue weighted by Gasteiger charge is -2.21. The Morgan fingerprint density at radius 1 is 1.09 bits per heavy atom. The lowest BCUT2D eigenvalue weighted by molar-refractivity contribution is 0.0964. The number of aromatic nitrogens is 3. The normalized spacial score (nSPS) is 11.4. The molecule has 6 rings (SSSR count). The van der Waals surface area contributed by atoms with Gasteiger partial charge in [-0.3, -0.25) is 9.10 Å². The smallest absolute Gasteiger partial charge is 0.255 e. The number of amides is 1. The molecule has 3 heterocycles. The number of aromatic amines is 1. The zero-order chi connectivity index (χ0) is 32.7. The number of carbonyl (C=O) groups excluding carboxylic acids is 1. The Balaban J connectivity index is 1.66. The van der Waals surface area contributed by atoms with Crippen molar-refractivity contribution in [3.8, 4) is 45.7 Å². The molecule has 0 saturated carbocycles. The molecule has 0 spiro atoms. The molecular formula is C34H27ClFN5O4S. The molecule has 2 N–H and O–H groups in total. The van der Waals surface area contributed by atoms with E-state index < -0.39 is 21.7 Å². The molecule has 232 valence electrons. The lowest BCUT2D eigenvalue weighted by Crippen LogP contribution is -2.25. The number of hydrogen-bond acceptors (Lipinski definition) is 6. The number of H-pyrrole nitrogens is 1. The third-order valence-electron chi connectivity index (χ3n) is 7.43. The van der Waals surface area contributed by atoms with Gasteiger partial charge in [0.15, 0.2) is 5.65 Å². The van der Waals surface area contributed by atoms with Crippen LogP contribution in [0.15, 0.2) is 71.3 Å². The number of anilines is 1. The summed E-state index contributed by atoms with van der Waals surface area (Å²) in [7, 11) is -0.797. The summed E-state index contributed by atoms with van der Waals surface area (Å²) >= 11 is 6.15. The summed E-state index contributed by atoms with van der Waals surface area (Å²) in [4.78, 5) is 25.5. The van der Waals surface area contributed by atoms with Gasteiger partial charge in [0.25, 0.3) is 5.91 Å². The van der Waals surface area contributed by atoms with Crippen molar-refractivity contribution in [3.63, 3.8) is 0 Å². The van der Waals surface area contributed by atoms with E-state index >= 15 is 0 Å². The number of halogens is 2. The monoisotopic (exact) mass is 655 g/mol. The van der Waals surface area contributed by atoms with Crippen LogP contribution in [0.3, 0.4) is 0 Å². The summed E-state index contributed by atoms with van der Waals surface area (Å²) in [5.74, 6) is 6.13. The highest BCUT2D eigenvalue weighted by atomic mass is 35.5. The molecule has 0 bridgehead atoms. The Bertz CT molecular complexity index is 2340. The van der Waals surface area contributed by atoms with Crippen LogP contribution in [0.2, 0.25) is 5.02 Å². The first-order valence-electron chi connectivity index (χ1n) is 14.1. The number of pyridine rings is 1. The van der Waals surface area contributed by atoms with Crippen molar-refractivity contribution in [2.24, 2.45) is 0 Å². The summed E-state index contributed by atoms with van der Waals surface area (Å²) < 4.78 is 46.9. The predicted molar refractivity (Wildman–Crippen MR) is 179 cm³/mol. The van der Waals surface area contributed by atoms with Crippen LogP contribution in [0.4, 0.5) is 10.1 Å². The molecule has 0 atom stereocenters. The van der Waals surface area contributed by atoms with Crippen molar-refractivity contribution < 1.29 is 22.0 Å². The molecular weight excluding hydrogens is 629 g/mol. The van der Waals surface area contributed by atoms with E-state index in [-0.39, 0.29) is 16.9 Å². The number of nitrogens with one attached hydrogen (secondary N) is 2. The van der Waals surface area contributed by atoms with Crippen LogP contribution < -0.4 is 9.62 Å². The molecule has 3 aromatic heterocycles. The molecule has 46 heavy (non-hydrogen) atoms. The van der Waals surface area contributed by atoms with Crippen molar-refractivity contribution in [2.75, 3.05) is 24.7 Å². The van der Waals surface area contributed by atoms with Crippen LogP contribution >= 0.6 is 11.6 Å². The third-order valence-corrected chi connectivity index (χ3v) is 8.83. The van der Waals surface area contributed by atoms with E-state index in [4.69, 9.17) is 16.0 Å². The van der Waals surface area contributed by atoms with Crippen molar-refractivity contribution in [2.45, 2.75) is 13.3 Å². The van der Waals surface area contributed by atoms with Crippen molar-refractivity contribution in [3.05, 3.63) is 88.8 Å². The van der Waals surface area contributed by atoms with Gasteiger partial charge in [0.1, 0.15) is 23.0 Å². The number of fused-ring (bicyclic) bond motifs is 2. The largest absolute Gasteiger partial charge is 0.455 e. The molecule has 12 heteroatoms. The summed E-state index contributed by atoms with van der Waals surface area (Å²) in [6.07, 6.45) is 3.24. The average Bonchev–Trinajstić information content (AvgIpc) is 3.63. The first kappa shape index (κ1) is 30.8. The highest BCUT2D eigenvalue weighted by molar-refractivity contribution is 7.92. The SMILES string of the molecule is CCC#Cc1cc(-c2nc3ncc(Cl)cc3[nH]2)cc(-c2cc3c(C(=O)NC)c(-c4ccc(F)cc4)oc3cc2N(C)S(C)(=O)=O)c1. The fourth-order valence-electron chi connectivity index (χ4n) is 5.15. The maximum atomic E-state index is 13.8. The molecule has 0 fully saturated rings. The van der Waals surface area contributed by atoms with Crippen LogP contribution in [0.5, 0.6) is 0 Å². The van der Waals surface area contributed by atoms with E-state index in [0.29, 0.717) is 67.3 Å². The minimum atomic E-state index is -3.74. The van der Waals surface area contributed by atoms with E-state index in [0.717, 1.165) is 10.6 Å². The zero-order valence-electron chi connectivity index (χ0n) is 25.2. The lowest BCUT2D eigenvalue weighted by atomic mass is 9.95. The van der Waals surface area contributed by atoms with Crippen molar-refractivity contribution >= 4 is 55.4 Å². The first-order valence-corrected chi connectivity index (χ1v) is 16.4. The van der Waals surface area contributed by atoms with Gasteiger partial charge in [-0.05, 0) is 60.2 Å². The summed E-state index contributed by atoms with van der Waals surface area (Å²) in [6, 6.07) is 16.2. The Kier molecular flexibility index (Phi) is 8.02. The molecule has 1 amide bonds. The number of carbonyl (C=O) groups is 1. The van der Waals surface area contributed by atoms with Gasteiger partial charge in [0.2, 0.25) is 10.0 Å². The predicted octanol–water partition coefficient (Wildman–Crippen LogP) is 7.01. The number of hydrogen-bond donors (Lipinski definition) is 2. The molecule has 3 aromatic carbocycles. The Hall–Kier alpha value is -5.18. The van der Waals surface area contributed by atoms with E-state index in [9.17, 15) is 17.6 Å². The molecule has 0 aliphatic rings. The second-order valence-corrected chi connectivity index (χ2v) is 13.0. The molecule has 0 unspecified atom stereocenters. The average molecular weight is 656 g/mol. The van der Waals surface area contributed by atoms with E-state index in [1.54, 1.807) is 18.2 Å². The maximum absolute atomic E-state index is 13.8. The van der Waals surface area contributed by atoms with Gasteiger partial charge in [0, 0.05) is 60.4 Å². The number of benzene rings is 3. The topological polar surface area (TPSA) is 121 Å². The van der Waals surface area contributed by atoms with Gasteiger partial charge in [0.05, 0.1) is 28.0 Å². The van der Waals surface area contributed by atoms with Gasteiger partial charge in [-0.2, -0.15) is 0 Å². The fraction of sp³-hybridized carbons (Fsp3) is 0.147. The highest BCUT2D eigenvalue weighted by Crippen LogP contribution is 2.42. The Labute approximate surface area is 269 Å². The highest BCUT2D eigenvalue weighted by Gasteiger charge is 2.26. The second kappa shape index (κ2) is 12.0. The Morgan fingerprint density at radius 2 is 1.83 bits per heavy atom. The van der Waals surface area contributed by atoms with Crippen LogP contribution in [0.25, 0.3) is 56.0 Å². The van der Waals surface area contributed by atoms with Crippen LogP contribution in [0.1, 0.15) is 29.3 Å². The molecule has 9 nitrogen and oxygen atoms in total. The van der Waals surface area contributed by atoms with Crippen LogP contribution in [0, 0.1) is 17.7 Å². The van der Waals surface area contributed by atoms with Gasteiger partial charge in [-0.25, -0.2) is 22.8 Å². The summed E-state index contributed by atoms with van der Waals surface area (Å²) in [5.41, 5.74) is 4.86. The summed E-state index contributed by atoms with van der Waals surface area (Å²) in [6.45, 7) is 1.94. The molecule has 0 radical (unpaired) electrons. The maximum Gasteiger partial charge on any atom is 0.255 e. The molecule has 0 saturated heterocycles. The van der Waals surface area contributed by atoms with E-state index in [1.165, 1.54) is 44.6 Å². The fourth-order valence-corrected chi connectivity index (χ4v) is 5.82. The van der Waals surface area contributed by atoms with Gasteiger partial charge in [-0.15, -0.1) is 0 Å². The Morgan fingerprint density at radius 3 is 2.52 bits per heavy atom. The van der Waals surface area contributed by atoms with Gasteiger partial charge >= 0.3 is 0 Å². The van der Waals surface area contributed by atoms with E-state index in [2.05, 4.69) is 32.1 Å². The standard InChI is InChI=1S/C34H27ClFN5O4S/c1-5-6-7-19-12-21(14-22(13-19)32-39-27-15-23(35)18-38-33(27)40-32)25-16-26-29(17-28(25)41(3)46(4,43)44)45-31(30(26)34(42)37-2)20-8-10-24(36)11-9-20/h8-18H,5H2,1-4H3,(H,37,42)(H,38,39,40). The second-order valence-electron chi connectivity index (χ2n) is 10.6. The molecule has 6 aromatic rings. The minimum absolute atomic E-state index is 0.219. The summed E-state index contributed by atoms with van der Waals surface area (Å²) in [5, 5.41) is 3.55. The van der Waals surface area contributed by atoms with Crippen LogP contribution in [-0.2, 0) is 10.0 Å². The number of imidazole rings is 1. The zero-order valence-corrected chi connectivity index (χ0v) is 26.8. The number of rotatable bonds is 6. The van der Waals surface area contributed by atoms with Crippen molar-refractivity contribution in [1.29, 1.82) is 0 Å². The number of sulfonamides is 1. The van der Waals surface area contributed by atoms with Gasteiger partial charge in [-0.1, -0.05) is 30.4 Å². The minimum Gasteiger partial charge on any atom is -0.455 e. The molecule has 0 aliphatic carbocycles. The van der Waals surface area contributed by atoms with Crippen molar-refractivity contribution in [1.82, 2.24) is 20.3 Å². The quantitative estimate of drug-likeness (QED) is 0.186.